The van der Waals surface area contributed by atoms with Crippen molar-refractivity contribution in [2.45, 2.75) is 25.9 Å². The third kappa shape index (κ3) is 3.91. The molecule has 1 fully saturated rings. The summed E-state index contributed by atoms with van der Waals surface area (Å²) in [4.78, 5) is 31.1. The van der Waals surface area contributed by atoms with E-state index in [1.165, 1.54) is 0 Å². The molecule has 1 aliphatic rings. The molecule has 1 aromatic heterocycles. The van der Waals surface area contributed by atoms with Gasteiger partial charge < -0.3 is 19.5 Å². The van der Waals surface area contributed by atoms with Crippen LogP contribution >= 0.6 is 0 Å². The summed E-state index contributed by atoms with van der Waals surface area (Å²) in [5, 5.41) is 6.50. The van der Waals surface area contributed by atoms with Crippen molar-refractivity contribution < 1.29 is 18.8 Å². The van der Waals surface area contributed by atoms with Crippen molar-refractivity contribution in [1.29, 1.82) is 0 Å². The lowest BCUT2D eigenvalue weighted by Crippen LogP contribution is -2.36. The van der Waals surface area contributed by atoms with Crippen LogP contribution in [0.2, 0.25) is 0 Å². The molecule has 1 N–H and O–H groups in total. The number of carbonyl (C=O) groups excluding carboxylic acids is 2. The van der Waals surface area contributed by atoms with Crippen molar-refractivity contribution in [3.05, 3.63) is 47.6 Å². The van der Waals surface area contributed by atoms with Gasteiger partial charge in [-0.15, -0.1) is 0 Å². The van der Waals surface area contributed by atoms with Crippen molar-refractivity contribution in [1.82, 2.24) is 20.4 Å². The number of nitrogens with one attached hydrogen (secondary N) is 1. The summed E-state index contributed by atoms with van der Waals surface area (Å²) >= 11 is 0. The summed E-state index contributed by atoms with van der Waals surface area (Å²) in [6.45, 7) is 2.72. The minimum Gasteiger partial charge on any atom is -0.383 e. The van der Waals surface area contributed by atoms with Crippen LogP contribution in [-0.2, 0) is 20.9 Å². The van der Waals surface area contributed by atoms with Crippen LogP contribution < -0.4 is 5.32 Å². The molecule has 138 valence electrons. The van der Waals surface area contributed by atoms with E-state index >= 15 is 0 Å². The second kappa shape index (κ2) is 8.09. The van der Waals surface area contributed by atoms with Gasteiger partial charge in [0.25, 0.3) is 0 Å². The molecule has 1 aromatic carbocycles. The smallest absolute Gasteiger partial charge is 0.246 e. The number of aryl methyl sites for hydroxylation is 1. The topological polar surface area (TPSA) is 97.6 Å². The van der Waals surface area contributed by atoms with Gasteiger partial charge in [-0.05, 0) is 12.5 Å². The van der Waals surface area contributed by atoms with Crippen LogP contribution in [0.3, 0.4) is 0 Å². The predicted molar refractivity (Wildman–Crippen MR) is 91.8 cm³/mol. The first-order valence-electron chi connectivity index (χ1n) is 8.50. The second-order valence-electron chi connectivity index (χ2n) is 6.20. The Morgan fingerprint density at radius 2 is 2.15 bits per heavy atom. The molecule has 0 saturated carbocycles. The van der Waals surface area contributed by atoms with Gasteiger partial charge in [0.15, 0.2) is 5.82 Å². The van der Waals surface area contributed by atoms with Gasteiger partial charge in [-0.25, -0.2) is 0 Å². The number of hydrogen-bond donors (Lipinski definition) is 1. The lowest BCUT2D eigenvalue weighted by atomic mass is 9.93. The van der Waals surface area contributed by atoms with Crippen LogP contribution in [0.4, 0.5) is 0 Å². The number of ether oxygens (including phenoxy) is 1. The maximum atomic E-state index is 12.8. The van der Waals surface area contributed by atoms with E-state index in [-0.39, 0.29) is 30.8 Å². The Morgan fingerprint density at radius 1 is 1.38 bits per heavy atom. The quantitative estimate of drug-likeness (QED) is 0.799. The fraction of sp³-hybridized carbons (Fsp3) is 0.444. The zero-order chi connectivity index (χ0) is 18.5. The van der Waals surface area contributed by atoms with Gasteiger partial charge in [-0.3, -0.25) is 9.59 Å². The molecular weight excluding hydrogens is 336 g/mol. The van der Waals surface area contributed by atoms with Gasteiger partial charge in [0.1, 0.15) is 0 Å². The number of carbonyl (C=O) groups is 2. The standard InChI is InChI=1S/C18H22N4O4/c1-12-20-15(26-21-12)11-19-18(24)14-10-16(23)22(8-9-25-2)17(14)13-6-4-3-5-7-13/h3-7,14,17H,8-11H2,1-2H3,(H,19,24)/t14-,17+/m1/s1. The number of aromatic nitrogens is 2. The zero-order valence-electron chi connectivity index (χ0n) is 14.8. The molecule has 2 aromatic rings. The molecule has 26 heavy (non-hydrogen) atoms. The lowest BCUT2D eigenvalue weighted by molar-refractivity contribution is -0.129. The zero-order valence-corrected chi connectivity index (χ0v) is 14.8. The number of benzene rings is 1. The Hall–Kier alpha value is -2.74. The SMILES string of the molecule is COCCN1C(=O)C[C@@H](C(=O)NCc2nc(C)no2)[C@@H]1c1ccccc1. The Balaban J connectivity index is 1.76. The van der Waals surface area contributed by atoms with E-state index in [0.717, 1.165) is 5.56 Å². The lowest BCUT2D eigenvalue weighted by Gasteiger charge is -2.28. The molecule has 1 aliphatic heterocycles. The molecule has 2 atom stereocenters. The molecule has 0 bridgehead atoms. The van der Waals surface area contributed by atoms with Crippen LogP contribution in [0.15, 0.2) is 34.9 Å². The van der Waals surface area contributed by atoms with E-state index in [4.69, 9.17) is 9.26 Å². The minimum absolute atomic E-state index is 0.0512. The van der Waals surface area contributed by atoms with Gasteiger partial charge >= 0.3 is 0 Å². The predicted octanol–water partition coefficient (Wildman–Crippen LogP) is 1.23. The Morgan fingerprint density at radius 3 is 2.81 bits per heavy atom. The number of likely N-dealkylation sites (tertiary alicyclic amines) is 1. The summed E-state index contributed by atoms with van der Waals surface area (Å²) in [5.74, 6) is 0.115. The Bertz CT molecular complexity index is 762. The number of methoxy groups -OCH3 is 1. The maximum absolute atomic E-state index is 12.8. The summed E-state index contributed by atoms with van der Waals surface area (Å²) < 4.78 is 10.1. The number of nitrogens with zero attached hydrogens (tertiary/aromatic N) is 3. The van der Waals surface area contributed by atoms with E-state index < -0.39 is 5.92 Å². The largest absolute Gasteiger partial charge is 0.383 e. The molecule has 0 radical (unpaired) electrons. The first-order chi connectivity index (χ1) is 12.6. The van der Waals surface area contributed by atoms with E-state index in [0.29, 0.717) is 24.9 Å². The van der Waals surface area contributed by atoms with Crippen LogP contribution in [0.5, 0.6) is 0 Å². The molecule has 0 spiro atoms. The molecular formula is C18H22N4O4. The van der Waals surface area contributed by atoms with Crippen molar-refractivity contribution in [3.8, 4) is 0 Å². The fourth-order valence-electron chi connectivity index (χ4n) is 3.25. The van der Waals surface area contributed by atoms with Gasteiger partial charge in [0.05, 0.1) is 25.1 Å². The minimum atomic E-state index is -0.481. The number of rotatable bonds is 7. The van der Waals surface area contributed by atoms with Crippen molar-refractivity contribution in [2.24, 2.45) is 5.92 Å². The molecule has 0 aliphatic carbocycles. The first-order valence-corrected chi connectivity index (χ1v) is 8.50. The fourth-order valence-corrected chi connectivity index (χ4v) is 3.25. The van der Waals surface area contributed by atoms with Gasteiger partial charge in [-0.2, -0.15) is 4.98 Å². The van der Waals surface area contributed by atoms with Gasteiger partial charge in [-0.1, -0.05) is 35.5 Å². The van der Waals surface area contributed by atoms with E-state index in [2.05, 4.69) is 15.5 Å². The van der Waals surface area contributed by atoms with E-state index in [9.17, 15) is 9.59 Å². The van der Waals surface area contributed by atoms with Crippen molar-refractivity contribution in [3.63, 3.8) is 0 Å². The third-order valence-corrected chi connectivity index (χ3v) is 4.43. The summed E-state index contributed by atoms with van der Waals surface area (Å²) in [7, 11) is 1.59. The van der Waals surface area contributed by atoms with Gasteiger partial charge in [0.2, 0.25) is 17.7 Å². The second-order valence-corrected chi connectivity index (χ2v) is 6.20. The van der Waals surface area contributed by atoms with Crippen LogP contribution in [0.25, 0.3) is 0 Å². The summed E-state index contributed by atoms with van der Waals surface area (Å²) in [5.41, 5.74) is 0.934. The third-order valence-electron chi connectivity index (χ3n) is 4.43. The monoisotopic (exact) mass is 358 g/mol. The summed E-state index contributed by atoms with van der Waals surface area (Å²) in [6.07, 6.45) is 0.165. The molecule has 8 heteroatoms. The Labute approximate surface area is 151 Å². The number of hydrogen-bond acceptors (Lipinski definition) is 6. The van der Waals surface area contributed by atoms with Gasteiger partial charge in [0, 0.05) is 20.1 Å². The highest BCUT2D eigenvalue weighted by Crippen LogP contribution is 2.38. The molecule has 2 heterocycles. The molecule has 3 rings (SSSR count). The summed E-state index contributed by atoms with van der Waals surface area (Å²) in [6, 6.07) is 9.27. The Kier molecular flexibility index (Phi) is 5.62. The highest BCUT2D eigenvalue weighted by molar-refractivity contribution is 5.90. The highest BCUT2D eigenvalue weighted by atomic mass is 16.5. The van der Waals surface area contributed by atoms with E-state index in [1.807, 2.05) is 30.3 Å². The maximum Gasteiger partial charge on any atom is 0.246 e. The molecule has 2 amide bonds. The van der Waals surface area contributed by atoms with E-state index in [1.54, 1.807) is 18.9 Å². The molecule has 0 unspecified atom stereocenters. The number of amides is 2. The van der Waals surface area contributed by atoms with Crippen LogP contribution in [0, 0.1) is 12.8 Å². The molecule has 1 saturated heterocycles. The average Bonchev–Trinajstić information content (AvgIpc) is 3.21. The van der Waals surface area contributed by atoms with Crippen LogP contribution in [-0.4, -0.2) is 47.1 Å². The average molecular weight is 358 g/mol. The highest BCUT2D eigenvalue weighted by Gasteiger charge is 2.44. The van der Waals surface area contributed by atoms with Crippen LogP contribution in [0.1, 0.15) is 29.7 Å². The van der Waals surface area contributed by atoms with Crippen molar-refractivity contribution >= 4 is 11.8 Å². The van der Waals surface area contributed by atoms with Crippen molar-refractivity contribution in [2.75, 3.05) is 20.3 Å². The molecule has 8 nitrogen and oxygen atoms in total. The normalized spacial score (nSPS) is 19.8. The first kappa shape index (κ1) is 18.1.